The van der Waals surface area contributed by atoms with Crippen molar-refractivity contribution in [3.63, 3.8) is 0 Å². The fourth-order valence-corrected chi connectivity index (χ4v) is 4.91. The summed E-state index contributed by atoms with van der Waals surface area (Å²) in [4.78, 5) is 12.7. The molecule has 2 aromatic rings. The molecule has 1 aliphatic heterocycles. The van der Waals surface area contributed by atoms with Gasteiger partial charge < -0.3 is 4.74 Å². The summed E-state index contributed by atoms with van der Waals surface area (Å²) in [6.45, 7) is 2.73. The summed E-state index contributed by atoms with van der Waals surface area (Å²) in [5.74, 6) is 0.246. The number of carbonyl (C=O) groups excluding carboxylic acids is 1. The Morgan fingerprint density at radius 1 is 1.31 bits per heavy atom. The van der Waals surface area contributed by atoms with Crippen LogP contribution >= 0.6 is 11.6 Å². The van der Waals surface area contributed by atoms with Crippen LogP contribution in [0.2, 0.25) is 5.02 Å². The van der Waals surface area contributed by atoms with Crippen molar-refractivity contribution in [2.24, 2.45) is 5.10 Å². The Kier molecular flexibility index (Phi) is 6.89. The summed E-state index contributed by atoms with van der Waals surface area (Å²) in [6.07, 6.45) is 2.53. The van der Waals surface area contributed by atoms with E-state index in [9.17, 15) is 13.2 Å². The van der Waals surface area contributed by atoms with Crippen molar-refractivity contribution in [3.05, 3.63) is 59.1 Å². The predicted molar refractivity (Wildman–Crippen MR) is 112 cm³/mol. The summed E-state index contributed by atoms with van der Waals surface area (Å²) in [6, 6.07) is 12.4. The van der Waals surface area contributed by atoms with E-state index in [0.717, 1.165) is 5.56 Å². The van der Waals surface area contributed by atoms with Crippen LogP contribution < -0.4 is 10.2 Å². The maximum absolute atomic E-state index is 12.9. The van der Waals surface area contributed by atoms with E-state index in [1.807, 2.05) is 25.1 Å². The molecular formula is C20H22ClN3O4S. The monoisotopic (exact) mass is 435 g/mol. The number of carbonyl (C=O) groups is 1. The molecule has 1 amide bonds. The molecule has 1 fully saturated rings. The first-order valence-corrected chi connectivity index (χ1v) is 11.1. The smallest absolute Gasteiger partial charge is 0.258 e. The van der Waals surface area contributed by atoms with Gasteiger partial charge in [0.2, 0.25) is 10.0 Å². The van der Waals surface area contributed by atoms with Gasteiger partial charge in [-0.15, -0.1) is 0 Å². The molecule has 1 saturated heterocycles. The number of ether oxygens (including phenoxy) is 1. The third-order valence-electron chi connectivity index (χ3n) is 4.48. The van der Waals surface area contributed by atoms with E-state index in [2.05, 4.69) is 10.5 Å². The standard InChI is InChI=1S/C20H22ClN3O4S/c1-2-28-17-6-3-5-15(13-17)14-22-23-20(25)19-7-4-12-24(19)29(26,27)18-10-8-16(21)9-11-18/h3,5-6,8-11,13-14,19H,2,4,7,12H2,1H3,(H,23,25). The number of rotatable bonds is 7. The van der Waals surface area contributed by atoms with Gasteiger partial charge in [-0.25, -0.2) is 13.8 Å². The third kappa shape index (κ3) is 5.14. The second-order valence-electron chi connectivity index (χ2n) is 6.47. The van der Waals surface area contributed by atoms with E-state index >= 15 is 0 Å². The van der Waals surface area contributed by atoms with Gasteiger partial charge in [0.15, 0.2) is 0 Å². The molecule has 9 heteroatoms. The number of hydrogen-bond acceptors (Lipinski definition) is 5. The lowest BCUT2D eigenvalue weighted by molar-refractivity contribution is -0.124. The Hall–Kier alpha value is -2.42. The van der Waals surface area contributed by atoms with E-state index in [1.54, 1.807) is 6.07 Å². The van der Waals surface area contributed by atoms with Crippen LogP contribution in [0.3, 0.4) is 0 Å². The van der Waals surface area contributed by atoms with Gasteiger partial charge in [0.25, 0.3) is 5.91 Å². The van der Waals surface area contributed by atoms with Gasteiger partial charge in [0.1, 0.15) is 11.8 Å². The zero-order valence-electron chi connectivity index (χ0n) is 15.9. The van der Waals surface area contributed by atoms with Crippen LogP contribution in [-0.4, -0.2) is 44.0 Å². The Morgan fingerprint density at radius 2 is 2.07 bits per heavy atom. The number of nitrogens with zero attached hydrogens (tertiary/aromatic N) is 2. The minimum absolute atomic E-state index is 0.109. The maximum atomic E-state index is 12.9. The average Bonchev–Trinajstić information content (AvgIpc) is 3.20. The molecule has 1 aliphatic rings. The van der Waals surface area contributed by atoms with E-state index in [0.29, 0.717) is 30.2 Å². The molecule has 2 aromatic carbocycles. The summed E-state index contributed by atoms with van der Waals surface area (Å²) < 4.78 is 32.5. The van der Waals surface area contributed by atoms with Gasteiger partial charge in [-0.3, -0.25) is 4.79 Å². The molecule has 29 heavy (non-hydrogen) atoms. The molecule has 7 nitrogen and oxygen atoms in total. The first-order valence-electron chi connectivity index (χ1n) is 9.25. The largest absolute Gasteiger partial charge is 0.494 e. The van der Waals surface area contributed by atoms with E-state index in [-0.39, 0.29) is 11.4 Å². The van der Waals surface area contributed by atoms with Gasteiger partial charge in [-0.05, 0) is 61.7 Å². The second-order valence-corrected chi connectivity index (χ2v) is 8.79. The van der Waals surface area contributed by atoms with Gasteiger partial charge >= 0.3 is 0 Å². The summed E-state index contributed by atoms with van der Waals surface area (Å²) in [5, 5.41) is 4.42. The summed E-state index contributed by atoms with van der Waals surface area (Å²) in [7, 11) is -3.79. The highest BCUT2D eigenvalue weighted by Crippen LogP contribution is 2.27. The normalized spacial score (nSPS) is 17.5. The van der Waals surface area contributed by atoms with Gasteiger partial charge in [0.05, 0.1) is 17.7 Å². The average molecular weight is 436 g/mol. The number of benzene rings is 2. The Morgan fingerprint density at radius 3 is 2.79 bits per heavy atom. The third-order valence-corrected chi connectivity index (χ3v) is 6.66. The molecule has 3 rings (SSSR count). The van der Waals surface area contributed by atoms with Crippen LogP contribution in [0, 0.1) is 0 Å². The first kappa shape index (κ1) is 21.3. The van der Waals surface area contributed by atoms with Crippen molar-refractivity contribution in [3.8, 4) is 5.75 Å². The Labute approximate surface area is 175 Å². The van der Waals surface area contributed by atoms with Crippen molar-refractivity contribution in [2.45, 2.75) is 30.7 Å². The van der Waals surface area contributed by atoms with E-state index < -0.39 is 22.0 Å². The molecule has 154 valence electrons. The minimum Gasteiger partial charge on any atom is -0.494 e. The lowest BCUT2D eigenvalue weighted by atomic mass is 10.2. The van der Waals surface area contributed by atoms with Crippen LogP contribution in [-0.2, 0) is 14.8 Å². The van der Waals surface area contributed by atoms with Gasteiger partial charge in [-0.2, -0.15) is 9.41 Å². The zero-order valence-corrected chi connectivity index (χ0v) is 17.5. The molecule has 0 spiro atoms. The number of nitrogens with one attached hydrogen (secondary N) is 1. The van der Waals surface area contributed by atoms with Gasteiger partial charge in [0, 0.05) is 11.6 Å². The minimum atomic E-state index is -3.79. The molecule has 0 saturated carbocycles. The quantitative estimate of drug-likeness (QED) is 0.534. The molecule has 0 aliphatic carbocycles. The van der Waals surface area contributed by atoms with Crippen molar-refractivity contribution < 1.29 is 17.9 Å². The van der Waals surface area contributed by atoms with Crippen LogP contribution in [0.5, 0.6) is 5.75 Å². The summed E-state index contributed by atoms with van der Waals surface area (Å²) in [5.41, 5.74) is 3.21. The van der Waals surface area contributed by atoms with E-state index in [1.165, 1.54) is 34.8 Å². The lowest BCUT2D eigenvalue weighted by Gasteiger charge is -2.22. The number of amides is 1. The number of halogens is 1. The molecule has 1 unspecified atom stereocenters. The maximum Gasteiger partial charge on any atom is 0.258 e. The van der Waals surface area contributed by atoms with E-state index in [4.69, 9.17) is 16.3 Å². The molecular weight excluding hydrogens is 414 g/mol. The van der Waals surface area contributed by atoms with Crippen molar-refractivity contribution in [1.29, 1.82) is 0 Å². The molecule has 0 aromatic heterocycles. The van der Waals surface area contributed by atoms with Crippen molar-refractivity contribution in [2.75, 3.05) is 13.2 Å². The highest BCUT2D eigenvalue weighted by molar-refractivity contribution is 7.89. The van der Waals surface area contributed by atoms with Crippen LogP contribution in [0.1, 0.15) is 25.3 Å². The molecule has 1 atom stereocenters. The topological polar surface area (TPSA) is 88.1 Å². The SMILES string of the molecule is CCOc1cccc(C=NNC(=O)C2CCCN2S(=O)(=O)c2ccc(Cl)cc2)c1. The van der Waals surface area contributed by atoms with Crippen molar-refractivity contribution in [1.82, 2.24) is 9.73 Å². The molecule has 0 radical (unpaired) electrons. The fourth-order valence-electron chi connectivity index (χ4n) is 3.13. The molecule has 1 heterocycles. The highest BCUT2D eigenvalue weighted by Gasteiger charge is 2.39. The number of sulfonamides is 1. The Bertz CT molecular complexity index is 993. The molecule has 1 N–H and O–H groups in total. The second kappa shape index (κ2) is 9.39. The Balaban J connectivity index is 1.68. The molecule has 0 bridgehead atoms. The fraction of sp³-hybridized carbons (Fsp3) is 0.300. The van der Waals surface area contributed by atoms with Gasteiger partial charge in [-0.1, -0.05) is 23.7 Å². The predicted octanol–water partition coefficient (Wildman–Crippen LogP) is 3.04. The zero-order chi connectivity index (χ0) is 20.9. The van der Waals surface area contributed by atoms with Crippen LogP contribution in [0.4, 0.5) is 0 Å². The number of hydrogen-bond donors (Lipinski definition) is 1. The highest BCUT2D eigenvalue weighted by atomic mass is 35.5. The first-order chi connectivity index (χ1) is 13.9. The van der Waals surface area contributed by atoms with Crippen LogP contribution in [0.15, 0.2) is 58.5 Å². The lowest BCUT2D eigenvalue weighted by Crippen LogP contribution is -2.44. The number of hydrazone groups is 1. The van der Waals surface area contributed by atoms with Crippen molar-refractivity contribution >= 4 is 33.7 Å². The van der Waals surface area contributed by atoms with Crippen LogP contribution in [0.25, 0.3) is 0 Å². The summed E-state index contributed by atoms with van der Waals surface area (Å²) >= 11 is 5.84.